The fourth-order valence-corrected chi connectivity index (χ4v) is 5.46. The highest BCUT2D eigenvalue weighted by atomic mass is 35.5. The van der Waals surface area contributed by atoms with Crippen LogP contribution in [-0.4, -0.2) is 61.4 Å². The zero-order valence-corrected chi connectivity index (χ0v) is 20.6. The molecule has 3 aliphatic heterocycles. The van der Waals surface area contributed by atoms with Gasteiger partial charge in [0.25, 0.3) is 0 Å². The number of aryl methyl sites for hydroxylation is 1. The third kappa shape index (κ3) is 3.53. The van der Waals surface area contributed by atoms with Gasteiger partial charge < -0.3 is 9.80 Å². The summed E-state index contributed by atoms with van der Waals surface area (Å²) < 4.78 is 15.6. The van der Waals surface area contributed by atoms with Crippen molar-refractivity contribution in [1.82, 2.24) is 29.6 Å². The molecule has 5 heterocycles. The molecule has 0 aliphatic carbocycles. The molecule has 3 aliphatic rings. The summed E-state index contributed by atoms with van der Waals surface area (Å²) in [5.74, 6) is 1.80. The summed E-state index contributed by atoms with van der Waals surface area (Å²) in [5, 5.41) is 19.5. The summed E-state index contributed by atoms with van der Waals surface area (Å²) in [4.78, 5) is 14.9. The molecule has 0 saturated carbocycles. The molecule has 6 rings (SSSR count). The topological polar surface area (TPSA) is 90.0 Å². The summed E-state index contributed by atoms with van der Waals surface area (Å²) in [5.41, 5.74) is 1.87. The van der Waals surface area contributed by atoms with Crippen molar-refractivity contribution < 1.29 is 4.39 Å². The Balaban J connectivity index is 1.25. The van der Waals surface area contributed by atoms with E-state index in [1.165, 1.54) is 6.20 Å². The van der Waals surface area contributed by atoms with Crippen molar-refractivity contribution in [1.29, 1.82) is 5.26 Å². The number of rotatable bonds is 3. The molecule has 1 spiro atoms. The summed E-state index contributed by atoms with van der Waals surface area (Å²) >= 11 is 6.34. The first kappa shape index (κ1) is 22.2. The Hall–Kier alpha value is -3.29. The smallest absolute Gasteiger partial charge is 0.231 e. The van der Waals surface area contributed by atoms with E-state index in [0.29, 0.717) is 29.8 Å². The normalized spacial score (nSPS) is 18.9. The molecular formula is C24H25ClFN9. The van der Waals surface area contributed by atoms with E-state index in [1.807, 2.05) is 32.0 Å². The van der Waals surface area contributed by atoms with Gasteiger partial charge in [0.2, 0.25) is 11.9 Å². The minimum atomic E-state index is -0.669. The lowest BCUT2D eigenvalue weighted by atomic mass is 9.73. The van der Waals surface area contributed by atoms with E-state index in [2.05, 4.69) is 45.5 Å². The Bertz CT molecular complexity index is 1360. The first-order valence-electron chi connectivity index (χ1n) is 11.6. The lowest BCUT2D eigenvalue weighted by molar-refractivity contribution is 0.147. The fourth-order valence-electron chi connectivity index (χ4n) is 5.26. The predicted octanol–water partition coefficient (Wildman–Crippen LogP) is 3.10. The van der Waals surface area contributed by atoms with Crippen LogP contribution in [0, 0.1) is 29.5 Å². The zero-order chi connectivity index (χ0) is 24.5. The lowest BCUT2D eigenvalue weighted by Gasteiger charge is -2.60. The maximum Gasteiger partial charge on any atom is 0.231 e. The summed E-state index contributed by atoms with van der Waals surface area (Å²) in [7, 11) is 0. The van der Waals surface area contributed by atoms with Crippen molar-refractivity contribution >= 4 is 23.5 Å². The van der Waals surface area contributed by atoms with Gasteiger partial charge in [0.05, 0.1) is 30.2 Å². The molecule has 0 atom stereocenters. The van der Waals surface area contributed by atoms with Crippen molar-refractivity contribution in [2.45, 2.75) is 39.4 Å². The largest absolute Gasteiger partial charge is 0.339 e. The van der Waals surface area contributed by atoms with Crippen LogP contribution in [0.3, 0.4) is 0 Å². The van der Waals surface area contributed by atoms with Crippen LogP contribution < -0.4 is 9.80 Å². The minimum Gasteiger partial charge on any atom is -0.339 e. The molecule has 180 valence electrons. The highest BCUT2D eigenvalue weighted by Gasteiger charge is 2.54. The molecule has 0 N–H and O–H groups in total. The zero-order valence-electron chi connectivity index (χ0n) is 19.8. The van der Waals surface area contributed by atoms with Crippen LogP contribution in [0.1, 0.15) is 30.9 Å². The molecule has 9 nitrogen and oxygen atoms in total. The summed E-state index contributed by atoms with van der Waals surface area (Å²) in [6.07, 6.45) is 1.24. The Morgan fingerprint density at radius 1 is 1.11 bits per heavy atom. The van der Waals surface area contributed by atoms with Gasteiger partial charge in [-0.25, -0.2) is 14.4 Å². The first-order chi connectivity index (χ1) is 16.7. The van der Waals surface area contributed by atoms with Gasteiger partial charge in [0, 0.05) is 43.2 Å². The number of halogens is 2. The highest BCUT2D eigenvalue weighted by Crippen LogP contribution is 2.44. The quantitative estimate of drug-likeness (QED) is 0.550. The molecule has 0 bridgehead atoms. The predicted molar refractivity (Wildman–Crippen MR) is 129 cm³/mol. The van der Waals surface area contributed by atoms with Gasteiger partial charge in [-0.15, -0.1) is 10.2 Å². The molecule has 35 heavy (non-hydrogen) atoms. The van der Waals surface area contributed by atoms with Crippen LogP contribution in [0.25, 0.3) is 5.69 Å². The van der Waals surface area contributed by atoms with E-state index in [0.717, 1.165) is 49.2 Å². The molecule has 3 aromatic rings. The van der Waals surface area contributed by atoms with E-state index < -0.39 is 5.54 Å². The van der Waals surface area contributed by atoms with Crippen LogP contribution >= 0.6 is 11.6 Å². The molecule has 0 radical (unpaired) electrons. The van der Waals surface area contributed by atoms with Gasteiger partial charge in [-0.2, -0.15) is 5.26 Å². The Morgan fingerprint density at radius 3 is 2.57 bits per heavy atom. The average molecular weight is 494 g/mol. The monoisotopic (exact) mass is 493 g/mol. The van der Waals surface area contributed by atoms with Gasteiger partial charge in [0.1, 0.15) is 5.54 Å². The number of hydrogen-bond acceptors (Lipinski definition) is 8. The van der Waals surface area contributed by atoms with E-state index >= 15 is 0 Å². The number of benzene rings is 1. The van der Waals surface area contributed by atoms with Gasteiger partial charge in [0.15, 0.2) is 11.6 Å². The van der Waals surface area contributed by atoms with Gasteiger partial charge in [-0.1, -0.05) is 11.6 Å². The Labute approximate surface area is 207 Å². The van der Waals surface area contributed by atoms with E-state index in [-0.39, 0.29) is 11.2 Å². The maximum atomic E-state index is 13.5. The highest BCUT2D eigenvalue weighted by molar-refractivity contribution is 6.30. The fraction of sp³-hybridized carbons (Fsp3) is 0.458. The molecule has 2 fully saturated rings. The molecule has 11 heteroatoms. The minimum absolute atomic E-state index is 0.139. The molecule has 1 aromatic carbocycles. The number of anilines is 2. The second-order valence-corrected chi connectivity index (χ2v) is 10.8. The van der Waals surface area contributed by atoms with Crippen molar-refractivity contribution in [3.8, 4) is 11.8 Å². The Kier molecular flexibility index (Phi) is 4.82. The van der Waals surface area contributed by atoms with E-state index in [4.69, 9.17) is 11.6 Å². The number of nitrogens with zero attached hydrogens (tertiary/aromatic N) is 9. The molecule has 0 amide bonds. The van der Waals surface area contributed by atoms with Crippen LogP contribution in [-0.2, 0) is 13.1 Å². The summed E-state index contributed by atoms with van der Waals surface area (Å²) in [6, 6.07) is 8.25. The molecule has 2 saturated heterocycles. The summed E-state index contributed by atoms with van der Waals surface area (Å²) in [6.45, 7) is 9.93. The van der Waals surface area contributed by atoms with Crippen molar-refractivity contribution in [2.24, 2.45) is 5.41 Å². The van der Waals surface area contributed by atoms with Gasteiger partial charge in [-0.3, -0.25) is 9.47 Å². The maximum absolute atomic E-state index is 13.5. The molecular weight excluding hydrogens is 469 g/mol. The number of aromatic nitrogens is 5. The average Bonchev–Trinajstić information content (AvgIpc) is 3.09. The van der Waals surface area contributed by atoms with Gasteiger partial charge in [-0.05, 0) is 44.5 Å². The van der Waals surface area contributed by atoms with Crippen molar-refractivity contribution in [3.05, 3.63) is 52.3 Å². The van der Waals surface area contributed by atoms with E-state index in [1.54, 1.807) is 6.92 Å². The third-order valence-electron chi connectivity index (χ3n) is 7.33. The second-order valence-electron chi connectivity index (χ2n) is 10.4. The second kappa shape index (κ2) is 7.60. The van der Waals surface area contributed by atoms with Crippen LogP contribution in [0.15, 0.2) is 24.4 Å². The van der Waals surface area contributed by atoms with Crippen molar-refractivity contribution in [3.63, 3.8) is 0 Å². The Morgan fingerprint density at radius 2 is 1.86 bits per heavy atom. The number of hydrogen-bond donors (Lipinski definition) is 0. The van der Waals surface area contributed by atoms with Crippen LogP contribution in [0.5, 0.6) is 0 Å². The van der Waals surface area contributed by atoms with Gasteiger partial charge >= 0.3 is 0 Å². The van der Waals surface area contributed by atoms with Crippen LogP contribution in [0.4, 0.5) is 16.3 Å². The lowest BCUT2D eigenvalue weighted by Crippen LogP contribution is -2.73. The third-order valence-corrected chi connectivity index (χ3v) is 7.57. The van der Waals surface area contributed by atoms with Crippen LogP contribution in [0.2, 0.25) is 5.02 Å². The van der Waals surface area contributed by atoms with E-state index in [9.17, 15) is 9.65 Å². The number of fused-ring (bicyclic) bond motifs is 3. The standard InChI is InChI=1S/C24H25ClFN9/c1-15-18(26)7-28-21(29-15)32-11-24(12-32)13-33(14-24)22-31-30-20-9-34(23(2,3)10-27)8-16-6-17(25)4-5-19(16)35(20)22/h4-7H,8-9,11-14H2,1-3H3. The first-order valence-corrected chi connectivity index (χ1v) is 11.9. The molecule has 2 aromatic heterocycles. The number of nitriles is 1. The SMILES string of the molecule is Cc1nc(N2CC3(C2)CN(c2nnc4n2-c2ccc(Cl)cc2CN(C(C)(C)C#N)C4)C3)ncc1F. The molecule has 0 unspecified atom stereocenters. The van der Waals surface area contributed by atoms with Crippen molar-refractivity contribution in [2.75, 3.05) is 36.0 Å².